The Labute approximate surface area is 107 Å². The number of rotatable bonds is 5. The maximum absolute atomic E-state index is 11.5. The average molecular weight is 249 g/mol. The number of carboxylic acid groups (broad SMARTS) is 1. The third-order valence-corrected chi connectivity index (χ3v) is 3.14. The molecule has 2 N–H and O–H groups in total. The molecule has 4 nitrogen and oxygen atoms in total. The lowest BCUT2D eigenvalue weighted by Gasteiger charge is -2.29. The molecule has 0 saturated carbocycles. The molecule has 1 aromatic rings. The van der Waals surface area contributed by atoms with E-state index in [1.54, 1.807) is 19.1 Å². The molecular formula is C14H19NO3. The Morgan fingerprint density at radius 3 is 2.11 bits per heavy atom. The van der Waals surface area contributed by atoms with Crippen molar-refractivity contribution in [1.82, 2.24) is 5.32 Å². The summed E-state index contributed by atoms with van der Waals surface area (Å²) in [6.45, 7) is 5.11. The number of carbonyl (C=O) groups excluding carboxylic acids is 1. The molecule has 1 aromatic carbocycles. The van der Waals surface area contributed by atoms with Crippen molar-refractivity contribution in [3.8, 4) is 0 Å². The number of benzene rings is 1. The number of nitrogens with one attached hydrogen (secondary N) is 1. The van der Waals surface area contributed by atoms with Crippen LogP contribution in [-0.4, -0.2) is 17.0 Å². The number of amides is 1. The molecular weight excluding hydrogens is 230 g/mol. The molecule has 1 rings (SSSR count). The summed E-state index contributed by atoms with van der Waals surface area (Å²) >= 11 is 0. The minimum atomic E-state index is -1.34. The number of carbonyl (C=O) groups is 2. The minimum absolute atomic E-state index is 0.299. The molecule has 0 radical (unpaired) electrons. The second-order valence-corrected chi connectivity index (χ2v) is 4.30. The molecule has 1 unspecified atom stereocenters. The van der Waals surface area contributed by atoms with Crippen LogP contribution in [0, 0.1) is 0 Å². The van der Waals surface area contributed by atoms with Gasteiger partial charge in [0, 0.05) is 6.92 Å². The molecule has 0 aliphatic heterocycles. The van der Waals surface area contributed by atoms with Gasteiger partial charge in [-0.25, -0.2) is 4.79 Å². The quantitative estimate of drug-likeness (QED) is 0.839. The van der Waals surface area contributed by atoms with E-state index in [9.17, 15) is 14.7 Å². The zero-order chi connectivity index (χ0) is 13.8. The van der Waals surface area contributed by atoms with Crippen LogP contribution in [0.1, 0.15) is 38.3 Å². The summed E-state index contributed by atoms with van der Waals surface area (Å²) in [6.07, 6.45) is 1.19. The Kier molecular flexibility index (Phi) is 4.48. The maximum Gasteiger partial charge on any atom is 0.334 e. The number of carboxylic acids is 1. The lowest BCUT2D eigenvalue weighted by atomic mass is 9.86. The summed E-state index contributed by atoms with van der Waals surface area (Å²) in [5.74, 6) is -1.39. The Hall–Kier alpha value is -1.84. The summed E-state index contributed by atoms with van der Waals surface area (Å²) in [4.78, 5) is 22.8. The molecule has 0 aliphatic rings. The molecule has 1 atom stereocenters. The number of hydrogen-bond donors (Lipinski definition) is 2. The third kappa shape index (κ3) is 2.70. The fourth-order valence-electron chi connectivity index (χ4n) is 2.02. The van der Waals surface area contributed by atoms with Gasteiger partial charge in [-0.05, 0) is 24.0 Å². The molecule has 0 bridgehead atoms. The van der Waals surface area contributed by atoms with Crippen LogP contribution in [0.2, 0.25) is 0 Å². The Morgan fingerprint density at radius 1 is 1.22 bits per heavy atom. The highest BCUT2D eigenvalue weighted by atomic mass is 16.4. The molecule has 0 aromatic heterocycles. The zero-order valence-electron chi connectivity index (χ0n) is 11.0. The fraction of sp³-hybridized carbons (Fsp3) is 0.429. The van der Waals surface area contributed by atoms with Crippen LogP contribution in [0.25, 0.3) is 0 Å². The van der Waals surface area contributed by atoms with Gasteiger partial charge in [-0.2, -0.15) is 0 Å². The van der Waals surface area contributed by atoms with Crippen molar-refractivity contribution in [3.05, 3.63) is 35.4 Å². The first kappa shape index (κ1) is 14.2. The van der Waals surface area contributed by atoms with Crippen LogP contribution in [0.3, 0.4) is 0 Å². The predicted octanol–water partition coefficient (Wildman–Crippen LogP) is 2.08. The Bertz CT molecular complexity index is 439. The van der Waals surface area contributed by atoms with E-state index in [0.29, 0.717) is 12.0 Å². The van der Waals surface area contributed by atoms with E-state index in [-0.39, 0.29) is 5.91 Å². The number of aryl methyl sites for hydroxylation is 1. The van der Waals surface area contributed by atoms with Crippen LogP contribution >= 0.6 is 0 Å². The van der Waals surface area contributed by atoms with E-state index >= 15 is 0 Å². The van der Waals surface area contributed by atoms with Crippen molar-refractivity contribution in [1.29, 1.82) is 0 Å². The van der Waals surface area contributed by atoms with Crippen LogP contribution in [0.4, 0.5) is 0 Å². The van der Waals surface area contributed by atoms with Crippen LogP contribution in [0.5, 0.6) is 0 Å². The first-order valence-electron chi connectivity index (χ1n) is 6.07. The second kappa shape index (κ2) is 5.67. The van der Waals surface area contributed by atoms with Gasteiger partial charge >= 0.3 is 5.97 Å². The standard InChI is InChI=1S/C14H19NO3/c1-4-11-6-8-12(9-7-11)14(5-2,13(17)18)15-10(3)16/h6-9H,4-5H2,1-3H3,(H,15,16)(H,17,18). The molecule has 0 aliphatic carbocycles. The highest BCUT2D eigenvalue weighted by Gasteiger charge is 2.39. The van der Waals surface area contributed by atoms with Gasteiger partial charge in [0.1, 0.15) is 0 Å². The van der Waals surface area contributed by atoms with Crippen LogP contribution in [-0.2, 0) is 21.5 Å². The fourth-order valence-corrected chi connectivity index (χ4v) is 2.02. The highest BCUT2D eigenvalue weighted by Crippen LogP contribution is 2.26. The lowest BCUT2D eigenvalue weighted by molar-refractivity contribution is -0.148. The third-order valence-electron chi connectivity index (χ3n) is 3.14. The molecule has 98 valence electrons. The summed E-state index contributed by atoms with van der Waals surface area (Å²) in [7, 11) is 0. The van der Waals surface area contributed by atoms with Crippen molar-refractivity contribution < 1.29 is 14.7 Å². The Morgan fingerprint density at radius 2 is 1.78 bits per heavy atom. The zero-order valence-corrected chi connectivity index (χ0v) is 11.0. The van der Waals surface area contributed by atoms with Gasteiger partial charge in [-0.1, -0.05) is 38.1 Å². The van der Waals surface area contributed by atoms with Crippen molar-refractivity contribution in [3.63, 3.8) is 0 Å². The van der Waals surface area contributed by atoms with Gasteiger partial charge in [-0.15, -0.1) is 0 Å². The SMILES string of the molecule is CCc1ccc(C(CC)(NC(C)=O)C(=O)O)cc1. The van der Waals surface area contributed by atoms with E-state index in [1.165, 1.54) is 6.92 Å². The Balaban J connectivity index is 3.23. The molecule has 0 spiro atoms. The predicted molar refractivity (Wildman–Crippen MR) is 69.2 cm³/mol. The van der Waals surface area contributed by atoms with E-state index in [2.05, 4.69) is 5.32 Å². The smallest absolute Gasteiger partial charge is 0.334 e. The largest absolute Gasteiger partial charge is 0.479 e. The summed E-state index contributed by atoms with van der Waals surface area (Å²) in [5, 5.41) is 12.0. The van der Waals surface area contributed by atoms with Gasteiger partial charge in [0.25, 0.3) is 0 Å². The van der Waals surface area contributed by atoms with E-state index in [0.717, 1.165) is 12.0 Å². The van der Waals surface area contributed by atoms with Crippen molar-refractivity contribution in [2.75, 3.05) is 0 Å². The molecule has 1 amide bonds. The number of hydrogen-bond acceptors (Lipinski definition) is 2. The van der Waals surface area contributed by atoms with Gasteiger partial charge in [0.05, 0.1) is 0 Å². The van der Waals surface area contributed by atoms with Crippen LogP contribution < -0.4 is 5.32 Å². The monoisotopic (exact) mass is 249 g/mol. The molecule has 0 fully saturated rings. The van der Waals surface area contributed by atoms with Crippen molar-refractivity contribution in [2.24, 2.45) is 0 Å². The van der Waals surface area contributed by atoms with Gasteiger partial charge < -0.3 is 10.4 Å². The highest BCUT2D eigenvalue weighted by molar-refractivity contribution is 5.87. The van der Waals surface area contributed by atoms with Gasteiger partial charge in [0.15, 0.2) is 5.54 Å². The van der Waals surface area contributed by atoms with Gasteiger partial charge in [0.2, 0.25) is 5.91 Å². The second-order valence-electron chi connectivity index (χ2n) is 4.30. The number of aliphatic carboxylic acids is 1. The lowest BCUT2D eigenvalue weighted by Crippen LogP contribution is -2.50. The van der Waals surface area contributed by atoms with E-state index < -0.39 is 11.5 Å². The van der Waals surface area contributed by atoms with Crippen LogP contribution in [0.15, 0.2) is 24.3 Å². The van der Waals surface area contributed by atoms with Crippen molar-refractivity contribution >= 4 is 11.9 Å². The topological polar surface area (TPSA) is 66.4 Å². The first-order chi connectivity index (χ1) is 8.46. The van der Waals surface area contributed by atoms with E-state index in [4.69, 9.17) is 0 Å². The first-order valence-corrected chi connectivity index (χ1v) is 6.07. The van der Waals surface area contributed by atoms with Crippen molar-refractivity contribution in [2.45, 2.75) is 39.2 Å². The van der Waals surface area contributed by atoms with Gasteiger partial charge in [-0.3, -0.25) is 4.79 Å². The summed E-state index contributed by atoms with van der Waals surface area (Å²) < 4.78 is 0. The summed E-state index contributed by atoms with van der Waals surface area (Å²) in [5.41, 5.74) is 0.403. The maximum atomic E-state index is 11.5. The average Bonchev–Trinajstić information content (AvgIpc) is 2.35. The normalized spacial score (nSPS) is 13.7. The molecule has 0 heterocycles. The van der Waals surface area contributed by atoms with E-state index in [1.807, 2.05) is 19.1 Å². The molecule has 4 heteroatoms. The minimum Gasteiger partial charge on any atom is -0.479 e. The molecule has 18 heavy (non-hydrogen) atoms. The molecule has 0 saturated heterocycles. The summed E-state index contributed by atoms with van der Waals surface area (Å²) in [6, 6.07) is 7.33.